The van der Waals surface area contributed by atoms with Crippen LogP contribution < -0.4 is 5.48 Å². The third kappa shape index (κ3) is 4.19. The molecule has 1 aromatic rings. The number of aliphatic hydroxyl groups is 1. The van der Waals surface area contributed by atoms with Crippen LogP contribution in [0.15, 0.2) is 4.42 Å². The Kier molecular flexibility index (Phi) is 6.55. The first-order valence-corrected chi connectivity index (χ1v) is 8.77. The van der Waals surface area contributed by atoms with Crippen molar-refractivity contribution in [2.24, 2.45) is 5.92 Å². The minimum absolute atomic E-state index is 0.284. The van der Waals surface area contributed by atoms with Crippen LogP contribution in [-0.4, -0.2) is 44.7 Å². The highest BCUT2D eigenvalue weighted by molar-refractivity contribution is 5.89. The van der Waals surface area contributed by atoms with Gasteiger partial charge in [0.05, 0.1) is 11.6 Å². The van der Waals surface area contributed by atoms with Crippen molar-refractivity contribution in [1.29, 1.82) is 0 Å². The van der Waals surface area contributed by atoms with E-state index in [2.05, 4.69) is 4.98 Å². The van der Waals surface area contributed by atoms with Crippen molar-refractivity contribution in [2.45, 2.75) is 65.0 Å². The van der Waals surface area contributed by atoms with Crippen LogP contribution in [0.4, 0.5) is 0 Å². The summed E-state index contributed by atoms with van der Waals surface area (Å²) in [6.07, 6.45) is 1.85. The zero-order valence-corrected chi connectivity index (χ0v) is 15.0. The van der Waals surface area contributed by atoms with Crippen molar-refractivity contribution in [3.63, 3.8) is 0 Å². The Morgan fingerprint density at radius 3 is 2.72 bits per heavy atom. The first kappa shape index (κ1) is 19.4. The van der Waals surface area contributed by atoms with Crippen LogP contribution >= 0.6 is 0 Å². The molecule has 140 valence electrons. The van der Waals surface area contributed by atoms with Gasteiger partial charge in [0.15, 0.2) is 0 Å². The van der Waals surface area contributed by atoms with Gasteiger partial charge >= 0.3 is 0 Å². The average molecular weight is 353 g/mol. The average Bonchev–Trinajstić information content (AvgIpc) is 3.21. The molecule has 25 heavy (non-hydrogen) atoms. The Labute approximate surface area is 147 Å². The van der Waals surface area contributed by atoms with Gasteiger partial charge in [0.2, 0.25) is 11.8 Å². The maximum atomic E-state index is 13.0. The molecule has 2 rings (SSSR count). The van der Waals surface area contributed by atoms with E-state index in [-0.39, 0.29) is 11.9 Å². The van der Waals surface area contributed by atoms with Crippen LogP contribution in [0.1, 0.15) is 62.4 Å². The summed E-state index contributed by atoms with van der Waals surface area (Å²) in [5.74, 6) is -0.953. The maximum absolute atomic E-state index is 13.0. The number of nitrogens with one attached hydrogen (secondary N) is 1. The van der Waals surface area contributed by atoms with E-state index in [1.54, 1.807) is 4.90 Å². The molecule has 1 aliphatic heterocycles. The minimum atomic E-state index is -1.58. The van der Waals surface area contributed by atoms with Crippen LogP contribution in [0, 0.1) is 19.8 Å². The van der Waals surface area contributed by atoms with Gasteiger partial charge in [-0.15, -0.1) is 0 Å². The molecule has 1 aromatic heterocycles. The lowest BCUT2D eigenvalue weighted by Crippen LogP contribution is -2.46. The van der Waals surface area contributed by atoms with E-state index in [1.807, 2.05) is 20.8 Å². The number of hydrogen-bond acceptors (Lipinski definition) is 6. The third-order valence-corrected chi connectivity index (χ3v) is 4.81. The molecule has 3 atom stereocenters. The predicted molar refractivity (Wildman–Crippen MR) is 88.6 cm³/mol. The van der Waals surface area contributed by atoms with Crippen molar-refractivity contribution in [3.8, 4) is 0 Å². The molecule has 0 radical (unpaired) electrons. The second-order valence-electron chi connectivity index (χ2n) is 6.55. The van der Waals surface area contributed by atoms with E-state index < -0.39 is 17.9 Å². The number of unbranched alkanes of at least 4 members (excludes halogenated alkanes) is 1. The Hall–Kier alpha value is -1.93. The fourth-order valence-electron chi connectivity index (χ4n) is 3.23. The quantitative estimate of drug-likeness (QED) is 0.507. The number of aromatic nitrogens is 1. The number of carbonyl (C=O) groups is 2. The van der Waals surface area contributed by atoms with E-state index in [0.717, 1.165) is 30.7 Å². The number of hydrogen-bond donors (Lipinski definition) is 3. The normalized spacial score (nSPS) is 19.7. The van der Waals surface area contributed by atoms with E-state index in [4.69, 9.17) is 9.62 Å². The van der Waals surface area contributed by atoms with Crippen molar-refractivity contribution in [2.75, 3.05) is 6.54 Å². The van der Waals surface area contributed by atoms with E-state index in [1.165, 1.54) is 5.48 Å². The summed E-state index contributed by atoms with van der Waals surface area (Å²) in [4.78, 5) is 30.7. The Bertz CT molecular complexity index is 596. The van der Waals surface area contributed by atoms with Gasteiger partial charge in [0.1, 0.15) is 17.9 Å². The predicted octanol–water partition coefficient (Wildman–Crippen LogP) is 1.63. The highest BCUT2D eigenvalue weighted by atomic mass is 16.5. The number of oxazole rings is 1. The number of rotatable bonds is 7. The van der Waals surface area contributed by atoms with Crippen molar-refractivity contribution in [3.05, 3.63) is 17.3 Å². The highest BCUT2D eigenvalue weighted by Gasteiger charge is 2.40. The number of aryl methyl sites for hydroxylation is 2. The minimum Gasteiger partial charge on any atom is -0.443 e. The molecule has 3 N–H and O–H groups in total. The van der Waals surface area contributed by atoms with Crippen LogP contribution in [0.5, 0.6) is 0 Å². The molecule has 1 fully saturated rings. The van der Waals surface area contributed by atoms with Crippen LogP contribution in [-0.2, 0) is 9.59 Å². The molecule has 0 bridgehead atoms. The van der Waals surface area contributed by atoms with E-state index >= 15 is 0 Å². The lowest BCUT2D eigenvalue weighted by molar-refractivity contribution is -0.151. The van der Waals surface area contributed by atoms with Gasteiger partial charge in [-0.2, -0.15) is 0 Å². The molecule has 8 heteroatoms. The summed E-state index contributed by atoms with van der Waals surface area (Å²) in [5, 5.41) is 19.0. The van der Waals surface area contributed by atoms with Crippen LogP contribution in [0.25, 0.3) is 0 Å². The maximum Gasteiger partial charge on any atom is 0.272 e. The van der Waals surface area contributed by atoms with Gasteiger partial charge in [-0.3, -0.25) is 14.8 Å². The fraction of sp³-hybridized carbons (Fsp3) is 0.706. The highest BCUT2D eigenvalue weighted by Crippen LogP contribution is 2.34. The number of amides is 2. The first-order chi connectivity index (χ1) is 11.9. The molecule has 1 saturated heterocycles. The molecule has 8 nitrogen and oxygen atoms in total. The molecular formula is C17H27N3O5. The van der Waals surface area contributed by atoms with Crippen LogP contribution in [0.3, 0.4) is 0 Å². The van der Waals surface area contributed by atoms with Crippen molar-refractivity contribution in [1.82, 2.24) is 15.4 Å². The number of likely N-dealkylation sites (tertiary alicyclic amines) is 1. The van der Waals surface area contributed by atoms with Gasteiger partial charge in [-0.25, -0.2) is 10.5 Å². The molecule has 0 spiro atoms. The second-order valence-corrected chi connectivity index (χ2v) is 6.55. The molecular weight excluding hydrogens is 326 g/mol. The van der Waals surface area contributed by atoms with Gasteiger partial charge in [0.25, 0.3) is 5.91 Å². The Morgan fingerprint density at radius 1 is 1.44 bits per heavy atom. The van der Waals surface area contributed by atoms with E-state index in [0.29, 0.717) is 25.3 Å². The standard InChI is InChI=1S/C17H27N3O5/c1-4-5-7-12(14(21)15(22)19-24)17(23)20-9-6-8-13(20)16-18-10(2)11(3)25-16/h12-14,21,24H,4-9H2,1-3H3,(H,19,22)/t12-,13+,14+/m1/s1. The number of aliphatic hydroxyl groups excluding tert-OH is 1. The van der Waals surface area contributed by atoms with Gasteiger partial charge < -0.3 is 14.4 Å². The summed E-state index contributed by atoms with van der Waals surface area (Å²) in [5.41, 5.74) is 2.22. The SMILES string of the molecule is CCCC[C@@H](C(=O)N1CCC[C@H]1c1nc(C)c(C)o1)[C@H](O)C(=O)NO. The third-order valence-electron chi connectivity index (χ3n) is 4.81. The van der Waals surface area contributed by atoms with Crippen molar-refractivity contribution >= 4 is 11.8 Å². The van der Waals surface area contributed by atoms with Gasteiger partial charge in [0, 0.05) is 6.54 Å². The molecule has 0 aromatic carbocycles. The number of carbonyl (C=O) groups excluding carboxylic acids is 2. The summed E-state index contributed by atoms with van der Waals surface area (Å²) < 4.78 is 5.68. The first-order valence-electron chi connectivity index (χ1n) is 8.77. The fourth-order valence-corrected chi connectivity index (χ4v) is 3.23. The molecule has 0 saturated carbocycles. The zero-order chi connectivity index (χ0) is 18.6. The summed E-state index contributed by atoms with van der Waals surface area (Å²) in [6.45, 7) is 6.17. The Balaban J connectivity index is 2.22. The molecule has 2 amide bonds. The van der Waals surface area contributed by atoms with E-state index in [9.17, 15) is 14.7 Å². The van der Waals surface area contributed by atoms with Crippen molar-refractivity contribution < 1.29 is 24.3 Å². The zero-order valence-electron chi connectivity index (χ0n) is 15.0. The second kappa shape index (κ2) is 8.44. The molecule has 0 aliphatic carbocycles. The van der Waals surface area contributed by atoms with Gasteiger partial charge in [-0.05, 0) is 33.1 Å². The number of nitrogens with zero attached hydrogens (tertiary/aromatic N) is 2. The number of hydroxylamine groups is 1. The molecule has 2 heterocycles. The lowest BCUT2D eigenvalue weighted by Gasteiger charge is -2.29. The topological polar surface area (TPSA) is 116 Å². The summed E-state index contributed by atoms with van der Waals surface area (Å²) >= 11 is 0. The van der Waals surface area contributed by atoms with Gasteiger partial charge in [-0.1, -0.05) is 19.8 Å². The molecule has 1 aliphatic rings. The largest absolute Gasteiger partial charge is 0.443 e. The lowest BCUT2D eigenvalue weighted by atomic mass is 9.93. The smallest absolute Gasteiger partial charge is 0.272 e. The Morgan fingerprint density at radius 2 is 2.16 bits per heavy atom. The summed E-state index contributed by atoms with van der Waals surface area (Å²) in [7, 11) is 0. The monoisotopic (exact) mass is 353 g/mol. The summed E-state index contributed by atoms with van der Waals surface area (Å²) in [6, 6.07) is -0.284. The van der Waals surface area contributed by atoms with Crippen LogP contribution in [0.2, 0.25) is 0 Å². The molecule has 0 unspecified atom stereocenters.